The number of hydrogen-bond donors (Lipinski definition) is 0. The zero-order valence-electron chi connectivity index (χ0n) is 10.2. The molecule has 2 aromatic carbocycles. The molecule has 0 aliphatic heterocycles. The summed E-state index contributed by atoms with van der Waals surface area (Å²) < 4.78 is 1.02. The van der Waals surface area contributed by atoms with Gasteiger partial charge in [0, 0.05) is 12.0 Å². The van der Waals surface area contributed by atoms with E-state index < -0.39 is 0 Å². The summed E-state index contributed by atoms with van der Waals surface area (Å²) >= 11 is 5.50. The number of benzene rings is 2. The fourth-order valence-corrected chi connectivity index (χ4v) is 4.96. The average Bonchev–Trinajstić information content (AvgIpc) is 2.82. The summed E-state index contributed by atoms with van der Waals surface area (Å²) in [6.07, 6.45) is 0.921. The van der Waals surface area contributed by atoms with Gasteiger partial charge in [-0.1, -0.05) is 93.6 Å². The minimum atomic E-state index is 0.921. The molecular formula is C16H12S3. The quantitative estimate of drug-likeness (QED) is 0.435. The molecule has 0 fully saturated rings. The van der Waals surface area contributed by atoms with Crippen molar-refractivity contribution in [3.8, 4) is 10.4 Å². The Kier molecular flexibility index (Phi) is 3.87. The van der Waals surface area contributed by atoms with Gasteiger partial charge in [0.2, 0.25) is 0 Å². The number of hydrogen-bond acceptors (Lipinski definition) is 3. The molecule has 0 amide bonds. The van der Waals surface area contributed by atoms with Crippen LogP contribution in [-0.2, 0) is 6.42 Å². The van der Waals surface area contributed by atoms with Gasteiger partial charge in [-0.2, -0.15) is 0 Å². The molecule has 0 nitrogen and oxygen atoms in total. The van der Waals surface area contributed by atoms with Crippen molar-refractivity contribution in [2.75, 3.05) is 0 Å². The molecule has 0 saturated heterocycles. The summed E-state index contributed by atoms with van der Waals surface area (Å²) in [5, 5.41) is 0. The van der Waals surface area contributed by atoms with E-state index in [0.717, 1.165) is 10.2 Å². The summed E-state index contributed by atoms with van der Waals surface area (Å²) in [6.45, 7) is 0. The zero-order valence-corrected chi connectivity index (χ0v) is 12.7. The topological polar surface area (TPSA) is 0 Å². The van der Waals surface area contributed by atoms with Crippen LogP contribution in [0.15, 0.2) is 60.7 Å². The third-order valence-corrected chi connectivity index (χ3v) is 6.17. The molecule has 3 aromatic rings. The van der Waals surface area contributed by atoms with E-state index in [2.05, 4.69) is 48.5 Å². The maximum absolute atomic E-state index is 5.50. The van der Waals surface area contributed by atoms with Gasteiger partial charge in [0.1, 0.15) is 3.82 Å². The molecule has 0 N–H and O–H groups in total. The average molecular weight is 300 g/mol. The molecule has 0 radical (unpaired) electrons. The van der Waals surface area contributed by atoms with Crippen LogP contribution in [0.1, 0.15) is 11.1 Å². The predicted molar refractivity (Wildman–Crippen MR) is 87.7 cm³/mol. The summed E-state index contributed by atoms with van der Waals surface area (Å²) in [4.78, 5) is 1.32. The molecule has 0 saturated carbocycles. The van der Waals surface area contributed by atoms with Crippen LogP contribution in [0.5, 0.6) is 0 Å². The van der Waals surface area contributed by atoms with Gasteiger partial charge in [-0.05, 0) is 11.1 Å². The van der Waals surface area contributed by atoms with Gasteiger partial charge < -0.3 is 0 Å². The van der Waals surface area contributed by atoms with Crippen LogP contribution < -0.4 is 0 Å². The molecule has 3 heteroatoms. The van der Waals surface area contributed by atoms with E-state index in [1.807, 2.05) is 12.1 Å². The van der Waals surface area contributed by atoms with E-state index in [0.29, 0.717) is 0 Å². The van der Waals surface area contributed by atoms with E-state index in [1.165, 1.54) is 21.6 Å². The minimum Gasteiger partial charge on any atom is -0.0782 e. The second-order valence-corrected chi connectivity index (χ2v) is 7.11. The minimum absolute atomic E-state index is 0.921. The van der Waals surface area contributed by atoms with Crippen molar-refractivity contribution in [3.05, 3.63) is 75.6 Å². The van der Waals surface area contributed by atoms with Gasteiger partial charge in [0.25, 0.3) is 0 Å². The van der Waals surface area contributed by atoms with Gasteiger partial charge in [-0.25, -0.2) is 0 Å². The second-order valence-electron chi connectivity index (χ2n) is 4.29. The SMILES string of the molecule is S=c1ssc(-c2ccccc2)c1Cc1ccccc1. The fraction of sp³-hybridized carbons (Fsp3) is 0.0625. The summed E-state index contributed by atoms with van der Waals surface area (Å²) in [5.41, 5.74) is 3.88. The molecule has 0 atom stereocenters. The van der Waals surface area contributed by atoms with Crippen molar-refractivity contribution >= 4 is 32.9 Å². The van der Waals surface area contributed by atoms with Crippen LogP contribution in [0.3, 0.4) is 0 Å². The Morgan fingerprint density at radius 3 is 2.11 bits per heavy atom. The maximum atomic E-state index is 5.50. The molecule has 1 heterocycles. The lowest BCUT2D eigenvalue weighted by Gasteiger charge is -2.03. The highest BCUT2D eigenvalue weighted by Crippen LogP contribution is 2.35. The summed E-state index contributed by atoms with van der Waals surface area (Å²) in [7, 11) is 3.49. The first-order valence-corrected chi connectivity index (χ1v) is 8.62. The Bertz CT molecular complexity index is 709. The van der Waals surface area contributed by atoms with E-state index in [4.69, 9.17) is 12.2 Å². The Morgan fingerprint density at radius 1 is 0.789 bits per heavy atom. The smallest absolute Gasteiger partial charge is 0.0782 e. The van der Waals surface area contributed by atoms with Gasteiger partial charge in [-0.15, -0.1) is 0 Å². The van der Waals surface area contributed by atoms with E-state index >= 15 is 0 Å². The van der Waals surface area contributed by atoms with Crippen LogP contribution >= 0.6 is 32.9 Å². The summed E-state index contributed by atoms with van der Waals surface area (Å²) in [6, 6.07) is 21.0. The third kappa shape index (κ3) is 2.84. The van der Waals surface area contributed by atoms with Gasteiger partial charge >= 0.3 is 0 Å². The Hall–Kier alpha value is -1.29. The molecule has 0 aliphatic rings. The van der Waals surface area contributed by atoms with E-state index in [1.54, 1.807) is 20.7 Å². The molecule has 3 rings (SSSR count). The Balaban J connectivity index is 2.03. The van der Waals surface area contributed by atoms with Gasteiger partial charge in [0.05, 0.1) is 4.88 Å². The lowest BCUT2D eigenvalue weighted by molar-refractivity contribution is 1.21. The first-order chi connectivity index (χ1) is 9.34. The monoisotopic (exact) mass is 300 g/mol. The van der Waals surface area contributed by atoms with Crippen LogP contribution in [0, 0.1) is 3.82 Å². The third-order valence-electron chi connectivity index (χ3n) is 2.98. The summed E-state index contributed by atoms with van der Waals surface area (Å²) in [5.74, 6) is 0. The molecule has 94 valence electrons. The van der Waals surface area contributed by atoms with Gasteiger partial charge in [0.15, 0.2) is 0 Å². The largest absolute Gasteiger partial charge is 0.106 e. The highest BCUT2D eigenvalue weighted by atomic mass is 32.9. The van der Waals surface area contributed by atoms with E-state index in [9.17, 15) is 0 Å². The van der Waals surface area contributed by atoms with Crippen LogP contribution in [0.25, 0.3) is 10.4 Å². The van der Waals surface area contributed by atoms with Crippen molar-refractivity contribution in [3.63, 3.8) is 0 Å². The molecular weight excluding hydrogens is 288 g/mol. The first kappa shape index (κ1) is 12.7. The normalized spacial score (nSPS) is 10.5. The second kappa shape index (κ2) is 5.78. The Labute approximate surface area is 125 Å². The van der Waals surface area contributed by atoms with Gasteiger partial charge in [-0.3, -0.25) is 0 Å². The molecule has 0 bridgehead atoms. The lowest BCUT2D eigenvalue weighted by Crippen LogP contribution is -1.88. The highest BCUT2D eigenvalue weighted by Gasteiger charge is 2.10. The highest BCUT2D eigenvalue weighted by molar-refractivity contribution is 7.80. The van der Waals surface area contributed by atoms with Crippen molar-refractivity contribution in [2.24, 2.45) is 0 Å². The molecule has 19 heavy (non-hydrogen) atoms. The predicted octanol–water partition coefficient (Wildman–Crippen LogP) is 5.80. The zero-order chi connectivity index (χ0) is 13.1. The van der Waals surface area contributed by atoms with Crippen molar-refractivity contribution in [1.29, 1.82) is 0 Å². The molecule has 0 unspecified atom stereocenters. The first-order valence-electron chi connectivity index (χ1n) is 6.06. The van der Waals surface area contributed by atoms with Crippen molar-refractivity contribution in [1.82, 2.24) is 0 Å². The molecule has 0 aliphatic carbocycles. The fourth-order valence-electron chi connectivity index (χ4n) is 2.04. The standard InChI is InChI=1S/C16H12S3/c17-16-14(11-12-7-3-1-4-8-12)15(18-19-16)13-9-5-2-6-10-13/h1-10H,11H2. The number of rotatable bonds is 3. The van der Waals surface area contributed by atoms with Crippen LogP contribution in [0.2, 0.25) is 0 Å². The van der Waals surface area contributed by atoms with Crippen molar-refractivity contribution < 1.29 is 0 Å². The Morgan fingerprint density at radius 2 is 1.42 bits per heavy atom. The maximum Gasteiger partial charge on any atom is 0.106 e. The van der Waals surface area contributed by atoms with Crippen LogP contribution in [-0.4, -0.2) is 0 Å². The molecule has 1 aromatic heterocycles. The van der Waals surface area contributed by atoms with Crippen molar-refractivity contribution in [2.45, 2.75) is 6.42 Å². The van der Waals surface area contributed by atoms with Crippen LogP contribution in [0.4, 0.5) is 0 Å². The van der Waals surface area contributed by atoms with E-state index in [-0.39, 0.29) is 0 Å². The molecule has 0 spiro atoms. The lowest BCUT2D eigenvalue weighted by atomic mass is 10.0.